The van der Waals surface area contributed by atoms with Crippen LogP contribution in [0, 0.1) is 5.92 Å². The van der Waals surface area contributed by atoms with Crippen LogP contribution in [0.1, 0.15) is 47.5 Å². The van der Waals surface area contributed by atoms with Gasteiger partial charge in [0.25, 0.3) is 0 Å². The third-order valence-electron chi connectivity index (χ3n) is 4.90. The zero-order valence-electron chi connectivity index (χ0n) is 24.6. The molecule has 0 radical (unpaired) electrons. The predicted molar refractivity (Wildman–Crippen MR) is 164 cm³/mol. The predicted octanol–water partition coefficient (Wildman–Crippen LogP) is 6.17. The topological polar surface area (TPSA) is 64.7 Å². The van der Waals surface area contributed by atoms with Crippen molar-refractivity contribution in [2.75, 3.05) is 52.1 Å². The molecule has 1 atom stereocenters. The van der Waals surface area contributed by atoms with Crippen LogP contribution in [-0.2, 0) is 9.59 Å². The van der Waals surface area contributed by atoms with Gasteiger partial charge in [-0.25, -0.2) is 0 Å². The van der Waals surface area contributed by atoms with Gasteiger partial charge in [0.2, 0.25) is 6.41 Å². The second kappa shape index (κ2) is 29.3. The molecule has 0 spiro atoms. The van der Waals surface area contributed by atoms with Crippen molar-refractivity contribution < 1.29 is 9.59 Å². The zero-order valence-corrected chi connectivity index (χ0v) is 24.6. The summed E-state index contributed by atoms with van der Waals surface area (Å²) in [6, 6.07) is 10.2. The maximum atomic E-state index is 10.3. The quantitative estimate of drug-likeness (QED) is 0.127. The molecule has 1 aromatic rings. The molecule has 1 aromatic carbocycles. The molecule has 0 fully saturated rings. The second-order valence-corrected chi connectivity index (χ2v) is 8.44. The Hall–Kier alpha value is -2.96. The molecule has 1 rings (SSSR count). The van der Waals surface area contributed by atoms with Crippen LogP contribution in [0.3, 0.4) is 0 Å². The number of para-hydroxylation sites is 1. The Morgan fingerprint density at radius 3 is 2.14 bits per heavy atom. The van der Waals surface area contributed by atoms with Crippen molar-refractivity contribution in [1.82, 2.24) is 15.1 Å². The normalized spacial score (nSPS) is 10.8. The fraction of sp³-hybridized carbons (Fsp3) is 0.484. The Labute approximate surface area is 228 Å². The summed E-state index contributed by atoms with van der Waals surface area (Å²) in [5.41, 5.74) is 2.21. The van der Waals surface area contributed by atoms with E-state index in [1.54, 1.807) is 17.9 Å². The molecule has 0 bridgehead atoms. The smallest absolute Gasteiger partial charge is 0.209 e. The molecule has 0 aliphatic carbocycles. The number of benzene rings is 1. The molecule has 0 saturated heterocycles. The Bertz CT molecular complexity index is 730. The van der Waals surface area contributed by atoms with Crippen LogP contribution < -0.4 is 10.6 Å². The summed E-state index contributed by atoms with van der Waals surface area (Å²) in [5, 5.41) is 6.55. The van der Waals surface area contributed by atoms with E-state index in [1.165, 1.54) is 0 Å². The molecule has 0 heterocycles. The lowest BCUT2D eigenvalue weighted by molar-refractivity contribution is -0.118. The van der Waals surface area contributed by atoms with Gasteiger partial charge in [0.15, 0.2) is 5.78 Å². The van der Waals surface area contributed by atoms with E-state index in [9.17, 15) is 9.59 Å². The summed E-state index contributed by atoms with van der Waals surface area (Å²) in [4.78, 5) is 24.4. The average Bonchev–Trinajstić information content (AvgIpc) is 2.90. The van der Waals surface area contributed by atoms with Crippen molar-refractivity contribution in [3.8, 4) is 0 Å². The van der Waals surface area contributed by atoms with Crippen molar-refractivity contribution in [2.24, 2.45) is 5.92 Å². The fourth-order valence-electron chi connectivity index (χ4n) is 2.55. The summed E-state index contributed by atoms with van der Waals surface area (Å²) >= 11 is 0. The van der Waals surface area contributed by atoms with Crippen LogP contribution >= 0.6 is 0 Å². The number of ketones is 1. The third kappa shape index (κ3) is 29.2. The van der Waals surface area contributed by atoms with Gasteiger partial charge in [0, 0.05) is 37.6 Å². The maximum Gasteiger partial charge on any atom is 0.209 e. The fourth-order valence-corrected chi connectivity index (χ4v) is 2.55. The molecule has 1 unspecified atom stereocenters. The molecule has 210 valence electrons. The SMILES string of the molecule is C/C=C\CNCCN(C=O)CC.C=C.C=C(Nc1ccccc1)C(C)CCN(C)C.CC/C=C/C(C)=O. The minimum absolute atomic E-state index is 0.127. The maximum absolute atomic E-state index is 10.3. The number of rotatable bonds is 15. The first-order valence-corrected chi connectivity index (χ1v) is 13.1. The van der Waals surface area contributed by atoms with Crippen molar-refractivity contribution in [3.63, 3.8) is 0 Å². The molecule has 2 N–H and O–H groups in total. The van der Waals surface area contributed by atoms with Crippen molar-refractivity contribution in [2.45, 2.75) is 47.5 Å². The van der Waals surface area contributed by atoms with E-state index in [1.807, 2.05) is 51.1 Å². The molecular weight excluding hydrogens is 460 g/mol. The number of hydrogen-bond acceptors (Lipinski definition) is 5. The summed E-state index contributed by atoms with van der Waals surface area (Å²) in [5.74, 6) is 0.615. The Balaban J connectivity index is -0.000000486. The van der Waals surface area contributed by atoms with E-state index in [4.69, 9.17) is 0 Å². The summed E-state index contributed by atoms with van der Waals surface area (Å²) < 4.78 is 0. The molecule has 6 heteroatoms. The minimum Gasteiger partial charge on any atom is -0.359 e. The first kappa shape index (κ1) is 38.6. The molecule has 37 heavy (non-hydrogen) atoms. The van der Waals surface area contributed by atoms with Crippen LogP contribution in [0.2, 0.25) is 0 Å². The Kier molecular flexibility index (Phi) is 30.5. The van der Waals surface area contributed by atoms with Crippen molar-refractivity contribution in [3.05, 3.63) is 80.1 Å². The van der Waals surface area contributed by atoms with Crippen LogP contribution in [0.25, 0.3) is 0 Å². The summed E-state index contributed by atoms with van der Waals surface area (Å²) in [6.45, 7) is 24.2. The molecular formula is C31H54N4O2. The highest BCUT2D eigenvalue weighted by Gasteiger charge is 2.07. The number of nitrogens with zero attached hydrogens (tertiary/aromatic N) is 2. The van der Waals surface area contributed by atoms with Crippen LogP contribution in [0.4, 0.5) is 5.69 Å². The monoisotopic (exact) mass is 514 g/mol. The van der Waals surface area contributed by atoms with Gasteiger partial charge in [-0.1, -0.05) is 56.9 Å². The molecule has 0 aromatic heterocycles. The van der Waals surface area contributed by atoms with Gasteiger partial charge in [0.05, 0.1) is 0 Å². The lowest BCUT2D eigenvalue weighted by Gasteiger charge is -2.18. The lowest BCUT2D eigenvalue weighted by Crippen LogP contribution is -2.31. The van der Waals surface area contributed by atoms with Gasteiger partial charge in [-0.15, -0.1) is 13.2 Å². The largest absolute Gasteiger partial charge is 0.359 e. The number of hydrogen-bond donors (Lipinski definition) is 2. The van der Waals surface area contributed by atoms with Gasteiger partial charge in [-0.2, -0.15) is 0 Å². The number of anilines is 1. The van der Waals surface area contributed by atoms with E-state index in [2.05, 4.69) is 74.5 Å². The summed E-state index contributed by atoms with van der Waals surface area (Å²) in [6.07, 6.45) is 10.5. The van der Waals surface area contributed by atoms with E-state index in [0.29, 0.717) is 5.92 Å². The molecule has 0 saturated carbocycles. The zero-order chi connectivity index (χ0) is 28.9. The number of nitrogens with one attached hydrogen (secondary N) is 2. The van der Waals surface area contributed by atoms with Crippen molar-refractivity contribution in [1.29, 1.82) is 0 Å². The van der Waals surface area contributed by atoms with Gasteiger partial charge >= 0.3 is 0 Å². The first-order valence-electron chi connectivity index (χ1n) is 13.1. The molecule has 0 aliphatic heterocycles. The molecule has 1 amide bonds. The molecule has 0 aliphatic rings. The van der Waals surface area contributed by atoms with Gasteiger partial charge in [-0.3, -0.25) is 9.59 Å². The number of carbonyl (C=O) groups excluding carboxylic acids is 2. The summed E-state index contributed by atoms with van der Waals surface area (Å²) in [7, 11) is 4.19. The number of likely N-dealkylation sites (N-methyl/N-ethyl adjacent to an activating group) is 1. The Morgan fingerprint density at radius 2 is 1.70 bits per heavy atom. The van der Waals surface area contributed by atoms with Crippen LogP contribution in [-0.4, -0.2) is 68.8 Å². The number of allylic oxidation sites excluding steroid dienone is 4. The van der Waals surface area contributed by atoms with Gasteiger partial charge in [-0.05, 0) is 78.4 Å². The third-order valence-corrected chi connectivity index (χ3v) is 4.90. The van der Waals surface area contributed by atoms with Crippen molar-refractivity contribution >= 4 is 17.9 Å². The minimum atomic E-state index is 0.127. The standard InChI is InChI=1S/C14H22N2.C9H18N2O.C6H10O.C2H4/c1-12(10-11-16(3)4)13(2)15-14-8-6-5-7-9-14;1-3-5-6-10-7-8-11(4-2)9-12;1-3-4-5-6(2)7;1-2/h5-9,12,15H,2,10-11H2,1,3-4H3;3,5,9-10H,4,6-8H2,1-2H3;4-5H,3H2,1-2H3;1-2H2/b;5-3-;5-4+;. The van der Waals surface area contributed by atoms with E-state index in [0.717, 1.165) is 63.4 Å². The van der Waals surface area contributed by atoms with Gasteiger partial charge < -0.3 is 20.4 Å². The van der Waals surface area contributed by atoms with E-state index < -0.39 is 0 Å². The average molecular weight is 515 g/mol. The lowest BCUT2D eigenvalue weighted by atomic mass is 10.0. The highest BCUT2D eigenvalue weighted by atomic mass is 16.1. The van der Waals surface area contributed by atoms with E-state index in [-0.39, 0.29) is 5.78 Å². The highest BCUT2D eigenvalue weighted by molar-refractivity contribution is 5.87. The van der Waals surface area contributed by atoms with E-state index >= 15 is 0 Å². The van der Waals surface area contributed by atoms with Gasteiger partial charge in [0.1, 0.15) is 0 Å². The second-order valence-electron chi connectivity index (χ2n) is 8.44. The Morgan fingerprint density at radius 1 is 1.08 bits per heavy atom. The number of amides is 1. The first-order chi connectivity index (χ1) is 17.7. The molecule has 6 nitrogen and oxygen atoms in total. The van der Waals surface area contributed by atoms with Crippen LogP contribution in [0.5, 0.6) is 0 Å². The highest BCUT2D eigenvalue weighted by Crippen LogP contribution is 2.16. The van der Waals surface area contributed by atoms with Crippen LogP contribution in [0.15, 0.2) is 80.1 Å². The number of carbonyl (C=O) groups is 2.